The van der Waals surface area contributed by atoms with Crippen LogP contribution in [0.15, 0.2) is 30.6 Å². The molecule has 1 saturated carbocycles. The van der Waals surface area contributed by atoms with Crippen LogP contribution in [0.25, 0.3) is 5.82 Å². The lowest BCUT2D eigenvalue weighted by Crippen LogP contribution is -2.33. The topological polar surface area (TPSA) is 34.0 Å². The maximum Gasteiger partial charge on any atom is 0.138 e. The molecular weight excluding hydrogens is 272 g/mol. The van der Waals surface area contributed by atoms with Crippen molar-refractivity contribution in [1.29, 1.82) is 0 Å². The number of hydrogen-bond donors (Lipinski definition) is 0. The fourth-order valence-electron chi connectivity index (χ4n) is 4.16. The molecule has 4 nitrogen and oxygen atoms in total. The normalized spacial score (nSPS) is 23.4. The zero-order valence-corrected chi connectivity index (χ0v) is 13.3. The number of rotatable bonds is 3. The summed E-state index contributed by atoms with van der Waals surface area (Å²) in [4.78, 5) is 12.0. The Kier molecular flexibility index (Phi) is 3.70. The van der Waals surface area contributed by atoms with Crippen molar-refractivity contribution in [2.75, 3.05) is 6.54 Å². The molecule has 2 fully saturated rings. The zero-order valence-electron chi connectivity index (χ0n) is 13.3. The van der Waals surface area contributed by atoms with E-state index >= 15 is 0 Å². The van der Waals surface area contributed by atoms with E-state index in [-0.39, 0.29) is 0 Å². The number of aromatic nitrogens is 3. The highest BCUT2D eigenvalue weighted by Crippen LogP contribution is 2.37. The highest BCUT2D eigenvalue weighted by Gasteiger charge is 2.33. The van der Waals surface area contributed by atoms with E-state index in [1.807, 2.05) is 19.3 Å². The van der Waals surface area contributed by atoms with Gasteiger partial charge in [0.05, 0.1) is 11.7 Å². The molecule has 3 heterocycles. The summed E-state index contributed by atoms with van der Waals surface area (Å²) in [6, 6.07) is 7.71. The molecule has 0 N–H and O–H groups in total. The minimum atomic E-state index is 0.506. The third kappa shape index (κ3) is 2.45. The molecule has 0 radical (unpaired) electrons. The van der Waals surface area contributed by atoms with Gasteiger partial charge in [-0.25, -0.2) is 9.97 Å². The Labute approximate surface area is 132 Å². The van der Waals surface area contributed by atoms with Gasteiger partial charge in [-0.2, -0.15) is 0 Å². The van der Waals surface area contributed by atoms with Crippen LogP contribution in [0.5, 0.6) is 0 Å². The molecule has 1 aliphatic carbocycles. The Morgan fingerprint density at radius 2 is 1.95 bits per heavy atom. The molecule has 1 saturated heterocycles. The number of imidazole rings is 1. The lowest BCUT2D eigenvalue weighted by Gasteiger charge is -2.30. The molecule has 2 aromatic rings. The van der Waals surface area contributed by atoms with E-state index in [4.69, 9.17) is 4.98 Å². The fraction of sp³-hybridized carbons (Fsp3) is 0.556. The first-order valence-corrected chi connectivity index (χ1v) is 8.56. The van der Waals surface area contributed by atoms with Crippen LogP contribution >= 0.6 is 0 Å². The van der Waals surface area contributed by atoms with Crippen molar-refractivity contribution < 1.29 is 0 Å². The monoisotopic (exact) mass is 296 g/mol. The SMILES string of the molecule is Cc1nccn1-c1cccc([C@@H]2CCCN2C2CCCC2)n1. The fourth-order valence-corrected chi connectivity index (χ4v) is 4.16. The number of nitrogens with zero attached hydrogens (tertiary/aromatic N) is 4. The third-order valence-electron chi connectivity index (χ3n) is 5.26. The minimum Gasteiger partial charge on any atom is -0.292 e. The molecule has 116 valence electrons. The van der Waals surface area contributed by atoms with E-state index in [9.17, 15) is 0 Å². The van der Waals surface area contributed by atoms with E-state index in [0.717, 1.165) is 17.7 Å². The van der Waals surface area contributed by atoms with Crippen LogP contribution < -0.4 is 0 Å². The van der Waals surface area contributed by atoms with E-state index in [1.54, 1.807) is 0 Å². The number of hydrogen-bond acceptors (Lipinski definition) is 3. The molecule has 22 heavy (non-hydrogen) atoms. The van der Waals surface area contributed by atoms with Crippen molar-refractivity contribution >= 4 is 0 Å². The molecule has 0 spiro atoms. The van der Waals surface area contributed by atoms with E-state index in [0.29, 0.717) is 6.04 Å². The van der Waals surface area contributed by atoms with Gasteiger partial charge in [0.1, 0.15) is 11.6 Å². The summed E-state index contributed by atoms with van der Waals surface area (Å²) < 4.78 is 2.07. The van der Waals surface area contributed by atoms with Crippen LogP contribution in [0.2, 0.25) is 0 Å². The second-order valence-corrected chi connectivity index (χ2v) is 6.60. The molecule has 0 bridgehead atoms. The van der Waals surface area contributed by atoms with Gasteiger partial charge >= 0.3 is 0 Å². The first-order valence-electron chi connectivity index (χ1n) is 8.56. The van der Waals surface area contributed by atoms with Crippen molar-refractivity contribution in [3.05, 3.63) is 42.1 Å². The Balaban J connectivity index is 1.63. The van der Waals surface area contributed by atoms with E-state index in [1.165, 1.54) is 50.8 Å². The van der Waals surface area contributed by atoms with Crippen LogP contribution in [0.4, 0.5) is 0 Å². The first kappa shape index (κ1) is 13.9. The summed E-state index contributed by atoms with van der Waals surface area (Å²) >= 11 is 0. The second-order valence-electron chi connectivity index (χ2n) is 6.60. The van der Waals surface area contributed by atoms with Gasteiger partial charge in [-0.3, -0.25) is 9.47 Å². The van der Waals surface area contributed by atoms with Gasteiger partial charge in [-0.15, -0.1) is 0 Å². The van der Waals surface area contributed by atoms with Crippen LogP contribution in [0, 0.1) is 6.92 Å². The van der Waals surface area contributed by atoms with Crippen molar-refractivity contribution in [1.82, 2.24) is 19.4 Å². The highest BCUT2D eigenvalue weighted by atomic mass is 15.2. The molecular formula is C18H24N4. The molecule has 4 rings (SSSR count). The Hall–Kier alpha value is -1.68. The predicted molar refractivity (Wildman–Crippen MR) is 87.0 cm³/mol. The Morgan fingerprint density at radius 1 is 1.09 bits per heavy atom. The lowest BCUT2D eigenvalue weighted by atomic mass is 10.1. The lowest BCUT2D eigenvalue weighted by molar-refractivity contribution is 0.180. The van der Waals surface area contributed by atoms with Crippen molar-refractivity contribution in [3.63, 3.8) is 0 Å². The van der Waals surface area contributed by atoms with Crippen LogP contribution in [0.1, 0.15) is 56.1 Å². The van der Waals surface area contributed by atoms with Gasteiger partial charge in [-0.1, -0.05) is 18.9 Å². The van der Waals surface area contributed by atoms with Gasteiger partial charge in [0.2, 0.25) is 0 Å². The molecule has 4 heteroatoms. The number of likely N-dealkylation sites (tertiary alicyclic amines) is 1. The molecule has 2 aromatic heterocycles. The van der Waals surface area contributed by atoms with Gasteiger partial charge in [0.15, 0.2) is 0 Å². The Morgan fingerprint density at radius 3 is 2.73 bits per heavy atom. The molecule has 2 aliphatic rings. The van der Waals surface area contributed by atoms with Gasteiger partial charge in [0.25, 0.3) is 0 Å². The third-order valence-corrected chi connectivity index (χ3v) is 5.26. The Bertz CT molecular complexity index is 642. The number of aryl methyl sites for hydroxylation is 1. The molecule has 0 unspecified atom stereocenters. The smallest absolute Gasteiger partial charge is 0.138 e. The second kappa shape index (κ2) is 5.84. The maximum atomic E-state index is 4.96. The zero-order chi connectivity index (χ0) is 14.9. The van der Waals surface area contributed by atoms with Gasteiger partial charge in [-0.05, 0) is 51.3 Å². The summed E-state index contributed by atoms with van der Waals surface area (Å²) in [5.41, 5.74) is 1.23. The highest BCUT2D eigenvalue weighted by molar-refractivity contribution is 5.28. The molecule has 0 amide bonds. The average molecular weight is 296 g/mol. The summed E-state index contributed by atoms with van der Waals surface area (Å²) in [6.07, 6.45) is 11.9. The average Bonchev–Trinajstić information content (AvgIpc) is 3.28. The predicted octanol–water partition coefficient (Wildman–Crippen LogP) is 3.66. The minimum absolute atomic E-state index is 0.506. The number of pyridine rings is 1. The maximum absolute atomic E-state index is 4.96. The van der Waals surface area contributed by atoms with Gasteiger partial charge < -0.3 is 0 Å². The van der Waals surface area contributed by atoms with Gasteiger partial charge in [0, 0.05) is 18.4 Å². The van der Waals surface area contributed by atoms with Crippen molar-refractivity contribution in [2.24, 2.45) is 0 Å². The van der Waals surface area contributed by atoms with Crippen LogP contribution in [0.3, 0.4) is 0 Å². The van der Waals surface area contributed by atoms with Crippen molar-refractivity contribution in [3.8, 4) is 5.82 Å². The van der Waals surface area contributed by atoms with Crippen LogP contribution in [-0.2, 0) is 0 Å². The van der Waals surface area contributed by atoms with E-state index < -0.39 is 0 Å². The van der Waals surface area contributed by atoms with Crippen molar-refractivity contribution in [2.45, 2.75) is 57.5 Å². The first-order chi connectivity index (χ1) is 10.8. The molecule has 1 aliphatic heterocycles. The standard InChI is InChI=1S/C18H24N4/c1-14-19-11-13-21(14)18-10-4-8-16(20-18)17-9-5-12-22(17)15-6-2-3-7-15/h4,8,10-11,13,15,17H,2-3,5-7,9,12H2,1H3/t17-/m0/s1. The summed E-state index contributed by atoms with van der Waals surface area (Å²) in [5, 5.41) is 0. The van der Waals surface area contributed by atoms with Crippen LogP contribution in [-0.4, -0.2) is 32.0 Å². The summed E-state index contributed by atoms with van der Waals surface area (Å²) in [6.45, 7) is 3.26. The molecule has 1 atom stereocenters. The summed E-state index contributed by atoms with van der Waals surface area (Å²) in [7, 11) is 0. The molecule has 0 aromatic carbocycles. The largest absolute Gasteiger partial charge is 0.292 e. The summed E-state index contributed by atoms with van der Waals surface area (Å²) in [5.74, 6) is 1.98. The van der Waals surface area contributed by atoms with E-state index in [2.05, 4.69) is 32.7 Å². The quantitative estimate of drug-likeness (QED) is 0.867.